The first-order valence-corrected chi connectivity index (χ1v) is 11.0. The summed E-state index contributed by atoms with van der Waals surface area (Å²) >= 11 is 6.14. The summed E-state index contributed by atoms with van der Waals surface area (Å²) in [6.07, 6.45) is 0. The molecule has 0 saturated carbocycles. The van der Waals surface area contributed by atoms with Crippen molar-refractivity contribution in [1.29, 1.82) is 0 Å². The molecule has 6 nitrogen and oxygen atoms in total. The molecule has 1 amide bonds. The molecule has 1 aliphatic rings. The number of sulfone groups is 1. The maximum Gasteiger partial charge on any atom is 0.244 e. The predicted octanol–water partition coefficient (Wildman–Crippen LogP) is 4.58. The van der Waals surface area contributed by atoms with Crippen LogP contribution in [0.4, 0.5) is 17.1 Å². The molecule has 0 spiro atoms. The minimum absolute atomic E-state index is 0.0750. The quantitative estimate of drug-likeness (QED) is 0.640. The van der Waals surface area contributed by atoms with E-state index in [4.69, 9.17) is 16.3 Å². The second kappa shape index (κ2) is 7.66. The summed E-state index contributed by atoms with van der Waals surface area (Å²) < 4.78 is 31.3. The largest absolute Gasteiger partial charge is 0.495 e. The molecule has 0 unspecified atom stereocenters. The van der Waals surface area contributed by atoms with E-state index in [1.54, 1.807) is 65.6 Å². The minimum Gasteiger partial charge on any atom is -0.495 e. The number of fused-ring (bicyclic) bond motifs is 2. The van der Waals surface area contributed by atoms with Crippen molar-refractivity contribution < 1.29 is 17.9 Å². The van der Waals surface area contributed by atoms with Crippen LogP contribution < -0.4 is 15.0 Å². The van der Waals surface area contributed by atoms with Crippen molar-refractivity contribution in [2.24, 2.45) is 0 Å². The van der Waals surface area contributed by atoms with Crippen molar-refractivity contribution >= 4 is 44.4 Å². The number of carbonyl (C=O) groups excluding carboxylic acids is 1. The van der Waals surface area contributed by atoms with Crippen LogP contribution >= 0.6 is 11.6 Å². The normalized spacial score (nSPS) is 13.9. The summed E-state index contributed by atoms with van der Waals surface area (Å²) in [7, 11) is -2.16. The Morgan fingerprint density at radius 3 is 2.17 bits per heavy atom. The monoisotopic (exact) mass is 442 g/mol. The van der Waals surface area contributed by atoms with Crippen LogP contribution in [0.3, 0.4) is 0 Å². The second-order valence-electron chi connectivity index (χ2n) is 6.87. The fourth-order valence-corrected chi connectivity index (χ4v) is 5.31. The third-order valence-corrected chi connectivity index (χ3v) is 7.20. The molecular weight excluding hydrogens is 424 g/mol. The van der Waals surface area contributed by atoms with E-state index >= 15 is 0 Å². The maximum absolute atomic E-state index is 13.0. The Morgan fingerprint density at radius 1 is 1.03 bits per heavy atom. The Kier molecular flexibility index (Phi) is 5.17. The average Bonchev–Trinajstić information content (AvgIpc) is 2.74. The van der Waals surface area contributed by atoms with Gasteiger partial charge in [-0.1, -0.05) is 35.9 Å². The van der Waals surface area contributed by atoms with Crippen LogP contribution in [0.15, 0.2) is 70.5 Å². The molecule has 1 aliphatic heterocycles. The Hall–Kier alpha value is -3.03. The number of halogens is 1. The van der Waals surface area contributed by atoms with Crippen LogP contribution in [0.2, 0.25) is 5.02 Å². The summed E-state index contributed by atoms with van der Waals surface area (Å²) in [5, 5.41) is 3.38. The topological polar surface area (TPSA) is 75.7 Å². The number of hydrogen-bond donors (Lipinski definition) is 1. The van der Waals surface area contributed by atoms with Crippen LogP contribution in [0.1, 0.15) is 5.56 Å². The van der Waals surface area contributed by atoms with Gasteiger partial charge in [0, 0.05) is 11.1 Å². The summed E-state index contributed by atoms with van der Waals surface area (Å²) in [6.45, 7) is 1.76. The van der Waals surface area contributed by atoms with Crippen molar-refractivity contribution in [3.8, 4) is 5.75 Å². The number of benzene rings is 3. The van der Waals surface area contributed by atoms with Crippen molar-refractivity contribution in [3.63, 3.8) is 0 Å². The Labute approximate surface area is 180 Å². The number of methoxy groups -OCH3 is 1. The molecule has 8 heteroatoms. The molecule has 3 aromatic carbocycles. The number of para-hydroxylation sites is 2. The standard InChI is InChI=1S/C22H19ClN2O4S/c1-14-11-16(19(29-2)12-15(14)23)24-22(26)13-25-17-7-3-5-9-20(17)30(27,28)21-10-6-4-8-18(21)25/h3-12H,13H2,1-2H3,(H,24,26). The first-order valence-electron chi connectivity index (χ1n) is 9.17. The van der Waals surface area contributed by atoms with Gasteiger partial charge in [-0.2, -0.15) is 0 Å². The van der Waals surface area contributed by atoms with Gasteiger partial charge < -0.3 is 15.0 Å². The molecule has 0 saturated heterocycles. The highest BCUT2D eigenvalue weighted by Gasteiger charge is 2.34. The van der Waals surface area contributed by atoms with Gasteiger partial charge in [0.2, 0.25) is 15.7 Å². The lowest BCUT2D eigenvalue weighted by Gasteiger charge is -2.32. The number of aryl methyl sites for hydroxylation is 1. The number of amides is 1. The van der Waals surface area contributed by atoms with Crippen LogP contribution in [0.25, 0.3) is 0 Å². The number of ether oxygens (including phenoxy) is 1. The molecule has 30 heavy (non-hydrogen) atoms. The molecule has 0 radical (unpaired) electrons. The van der Waals surface area contributed by atoms with Crippen LogP contribution in [-0.2, 0) is 14.6 Å². The van der Waals surface area contributed by atoms with Gasteiger partial charge >= 0.3 is 0 Å². The highest BCUT2D eigenvalue weighted by Crippen LogP contribution is 2.43. The van der Waals surface area contributed by atoms with E-state index in [0.717, 1.165) is 5.56 Å². The third kappa shape index (κ3) is 3.40. The van der Waals surface area contributed by atoms with Gasteiger partial charge in [-0.25, -0.2) is 8.42 Å². The molecule has 0 bridgehead atoms. The zero-order valence-electron chi connectivity index (χ0n) is 16.3. The van der Waals surface area contributed by atoms with Gasteiger partial charge in [0.15, 0.2) is 0 Å². The Balaban J connectivity index is 1.71. The molecule has 0 atom stereocenters. The maximum atomic E-state index is 13.0. The summed E-state index contributed by atoms with van der Waals surface area (Å²) in [6, 6.07) is 16.7. The third-order valence-electron chi connectivity index (χ3n) is 4.95. The Morgan fingerprint density at radius 2 is 1.60 bits per heavy atom. The number of carbonyl (C=O) groups is 1. The van der Waals surface area contributed by atoms with E-state index in [1.165, 1.54) is 7.11 Å². The van der Waals surface area contributed by atoms with Gasteiger partial charge in [0.25, 0.3) is 0 Å². The zero-order valence-corrected chi connectivity index (χ0v) is 17.9. The number of nitrogens with zero attached hydrogens (tertiary/aromatic N) is 1. The molecule has 0 fully saturated rings. The van der Waals surface area contributed by atoms with Gasteiger partial charge in [-0.3, -0.25) is 4.79 Å². The van der Waals surface area contributed by atoms with Gasteiger partial charge in [-0.15, -0.1) is 0 Å². The molecule has 1 heterocycles. The molecule has 4 rings (SSSR count). The summed E-state index contributed by atoms with van der Waals surface area (Å²) in [5.74, 6) is 0.125. The SMILES string of the molecule is COc1cc(Cl)c(C)cc1NC(=O)CN1c2ccccc2S(=O)(=O)c2ccccc21. The lowest BCUT2D eigenvalue weighted by atomic mass is 10.2. The highest BCUT2D eigenvalue weighted by molar-refractivity contribution is 7.92. The first-order chi connectivity index (χ1) is 14.3. The van der Waals surface area contributed by atoms with E-state index in [1.807, 2.05) is 6.92 Å². The fourth-order valence-electron chi connectivity index (χ4n) is 3.50. The van der Waals surface area contributed by atoms with Crippen molar-refractivity contribution in [3.05, 3.63) is 71.2 Å². The van der Waals surface area contributed by atoms with Crippen molar-refractivity contribution in [2.75, 3.05) is 23.9 Å². The molecule has 1 N–H and O–H groups in total. The average molecular weight is 443 g/mol. The zero-order chi connectivity index (χ0) is 21.5. The van der Waals surface area contributed by atoms with Gasteiger partial charge in [0.1, 0.15) is 12.3 Å². The van der Waals surface area contributed by atoms with E-state index in [0.29, 0.717) is 27.8 Å². The molecule has 154 valence electrons. The lowest BCUT2D eigenvalue weighted by molar-refractivity contribution is -0.114. The van der Waals surface area contributed by atoms with Crippen molar-refractivity contribution in [1.82, 2.24) is 0 Å². The summed E-state index contributed by atoms with van der Waals surface area (Å²) in [5.41, 5.74) is 2.22. The Bertz CT molecular complexity index is 1200. The molecular formula is C22H19ClN2O4S. The second-order valence-corrected chi connectivity index (χ2v) is 9.17. The lowest BCUT2D eigenvalue weighted by Crippen LogP contribution is -2.33. The van der Waals surface area contributed by atoms with Gasteiger partial charge in [-0.05, 0) is 42.8 Å². The van der Waals surface area contributed by atoms with E-state index in [2.05, 4.69) is 5.32 Å². The number of anilines is 3. The first kappa shape index (κ1) is 20.3. The fraction of sp³-hybridized carbons (Fsp3) is 0.136. The molecule has 0 aromatic heterocycles. The van der Waals surface area contributed by atoms with Crippen molar-refractivity contribution in [2.45, 2.75) is 16.7 Å². The molecule has 0 aliphatic carbocycles. The van der Waals surface area contributed by atoms with E-state index in [9.17, 15) is 13.2 Å². The van der Waals surface area contributed by atoms with E-state index < -0.39 is 9.84 Å². The predicted molar refractivity (Wildman–Crippen MR) is 117 cm³/mol. The smallest absolute Gasteiger partial charge is 0.244 e. The summed E-state index contributed by atoms with van der Waals surface area (Å²) in [4.78, 5) is 15.0. The van der Waals surface area contributed by atoms with Crippen LogP contribution in [-0.4, -0.2) is 28.0 Å². The number of rotatable bonds is 4. The van der Waals surface area contributed by atoms with E-state index in [-0.39, 0.29) is 22.2 Å². The van der Waals surface area contributed by atoms with Gasteiger partial charge in [0.05, 0.1) is 34.0 Å². The number of hydrogen-bond acceptors (Lipinski definition) is 5. The van der Waals surface area contributed by atoms with Crippen LogP contribution in [0, 0.1) is 6.92 Å². The van der Waals surface area contributed by atoms with Crippen LogP contribution in [0.5, 0.6) is 5.75 Å². The molecule has 3 aromatic rings. The number of nitrogens with one attached hydrogen (secondary N) is 1. The highest BCUT2D eigenvalue weighted by atomic mass is 35.5. The minimum atomic E-state index is -3.66.